The lowest BCUT2D eigenvalue weighted by Gasteiger charge is -2.09. The van der Waals surface area contributed by atoms with Crippen molar-refractivity contribution in [1.82, 2.24) is 10.3 Å². The summed E-state index contributed by atoms with van der Waals surface area (Å²) in [5.74, 6) is 1.11. The minimum absolute atomic E-state index is 0.0835. The summed E-state index contributed by atoms with van der Waals surface area (Å²) in [5.41, 5.74) is 1.91. The van der Waals surface area contributed by atoms with Crippen LogP contribution in [0.2, 0.25) is 0 Å². The number of amides is 2. The normalized spacial score (nSPS) is 10.2. The zero-order valence-electron chi connectivity index (χ0n) is 15.2. The number of aromatic nitrogens is 1. The third-order valence-corrected chi connectivity index (χ3v) is 3.73. The van der Waals surface area contributed by atoms with Gasteiger partial charge in [0, 0.05) is 25.1 Å². The minimum atomic E-state index is -0.175. The number of rotatable bonds is 9. The van der Waals surface area contributed by atoms with E-state index >= 15 is 0 Å². The summed E-state index contributed by atoms with van der Waals surface area (Å²) in [4.78, 5) is 27.8. The number of carbonyl (C=O) groups excluding carboxylic acids is 2. The second-order valence-corrected chi connectivity index (χ2v) is 6.03. The van der Waals surface area contributed by atoms with Gasteiger partial charge in [0.15, 0.2) is 0 Å². The van der Waals surface area contributed by atoms with Crippen LogP contribution in [0.5, 0.6) is 5.75 Å². The number of hydrogen-bond donors (Lipinski definition) is 2. The zero-order valence-corrected chi connectivity index (χ0v) is 15.2. The molecule has 0 aliphatic heterocycles. The van der Waals surface area contributed by atoms with E-state index in [2.05, 4.69) is 15.6 Å². The van der Waals surface area contributed by atoms with Crippen molar-refractivity contribution >= 4 is 17.6 Å². The molecule has 1 heterocycles. The second-order valence-electron chi connectivity index (χ2n) is 6.03. The predicted octanol–water partition coefficient (Wildman–Crippen LogP) is 3.00. The van der Waals surface area contributed by atoms with Crippen molar-refractivity contribution in [1.29, 1.82) is 0 Å². The van der Waals surface area contributed by atoms with Crippen LogP contribution in [0.4, 0.5) is 5.82 Å². The van der Waals surface area contributed by atoms with Crippen LogP contribution in [0.1, 0.15) is 30.5 Å². The summed E-state index contributed by atoms with van der Waals surface area (Å²) in [6.45, 7) is 4.63. The van der Waals surface area contributed by atoms with E-state index in [1.807, 2.05) is 50.2 Å². The first-order valence-electron chi connectivity index (χ1n) is 8.73. The SMILES string of the molecule is Cc1cccc(NC(=O)CCNC(=O)CCCOc2ccccc2C)n1. The Labute approximate surface area is 154 Å². The Morgan fingerprint density at radius 3 is 2.58 bits per heavy atom. The van der Waals surface area contributed by atoms with Crippen LogP contribution in [0.25, 0.3) is 0 Å². The van der Waals surface area contributed by atoms with E-state index in [0.29, 0.717) is 31.8 Å². The van der Waals surface area contributed by atoms with Crippen LogP contribution in [0.3, 0.4) is 0 Å². The number of nitrogens with one attached hydrogen (secondary N) is 2. The molecule has 6 heteroatoms. The predicted molar refractivity (Wildman–Crippen MR) is 101 cm³/mol. The molecular formula is C20H25N3O3. The summed E-state index contributed by atoms with van der Waals surface area (Å²) in [7, 11) is 0. The molecule has 0 unspecified atom stereocenters. The number of carbonyl (C=O) groups is 2. The third kappa shape index (κ3) is 6.93. The van der Waals surface area contributed by atoms with Crippen molar-refractivity contribution in [3.8, 4) is 5.75 Å². The van der Waals surface area contributed by atoms with E-state index in [-0.39, 0.29) is 18.2 Å². The van der Waals surface area contributed by atoms with Crippen LogP contribution in [-0.2, 0) is 9.59 Å². The quantitative estimate of drug-likeness (QED) is 0.678. The van der Waals surface area contributed by atoms with Crippen molar-refractivity contribution < 1.29 is 14.3 Å². The molecular weight excluding hydrogens is 330 g/mol. The van der Waals surface area contributed by atoms with Gasteiger partial charge in [0.1, 0.15) is 11.6 Å². The standard InChI is InChI=1S/C20H25N3O3/c1-15-7-3-4-9-17(15)26-14-6-11-19(24)21-13-12-20(25)23-18-10-5-8-16(2)22-18/h3-5,7-10H,6,11-14H2,1-2H3,(H,21,24)(H,22,23,25). The summed E-state index contributed by atoms with van der Waals surface area (Å²) in [6.07, 6.45) is 1.20. The molecule has 1 aromatic carbocycles. The van der Waals surface area contributed by atoms with E-state index in [4.69, 9.17) is 4.74 Å². The fraction of sp³-hybridized carbons (Fsp3) is 0.350. The highest BCUT2D eigenvalue weighted by Crippen LogP contribution is 2.16. The molecule has 0 aliphatic rings. The number of para-hydroxylation sites is 1. The smallest absolute Gasteiger partial charge is 0.227 e. The molecule has 0 saturated carbocycles. The summed E-state index contributed by atoms with van der Waals surface area (Å²) >= 11 is 0. The van der Waals surface area contributed by atoms with Crippen molar-refractivity contribution in [3.05, 3.63) is 53.7 Å². The molecule has 0 bridgehead atoms. The Morgan fingerprint density at radius 1 is 1.00 bits per heavy atom. The topological polar surface area (TPSA) is 80.3 Å². The zero-order chi connectivity index (χ0) is 18.8. The van der Waals surface area contributed by atoms with Crippen molar-refractivity contribution in [2.45, 2.75) is 33.1 Å². The van der Waals surface area contributed by atoms with Crippen LogP contribution >= 0.6 is 0 Å². The molecule has 1 aromatic heterocycles. The van der Waals surface area contributed by atoms with Crippen molar-refractivity contribution in [2.24, 2.45) is 0 Å². The molecule has 2 aromatic rings. The molecule has 0 spiro atoms. The first-order chi connectivity index (χ1) is 12.5. The number of hydrogen-bond acceptors (Lipinski definition) is 4. The highest BCUT2D eigenvalue weighted by molar-refractivity contribution is 5.90. The summed E-state index contributed by atoms with van der Waals surface area (Å²) in [5, 5.41) is 5.46. The maximum Gasteiger partial charge on any atom is 0.227 e. The number of nitrogens with zero attached hydrogens (tertiary/aromatic N) is 1. The van der Waals surface area contributed by atoms with Gasteiger partial charge in [-0.2, -0.15) is 0 Å². The van der Waals surface area contributed by atoms with Gasteiger partial charge in [0.05, 0.1) is 6.61 Å². The van der Waals surface area contributed by atoms with Crippen molar-refractivity contribution in [2.75, 3.05) is 18.5 Å². The van der Waals surface area contributed by atoms with Crippen LogP contribution < -0.4 is 15.4 Å². The first-order valence-corrected chi connectivity index (χ1v) is 8.73. The van der Waals surface area contributed by atoms with E-state index in [0.717, 1.165) is 17.0 Å². The number of ether oxygens (including phenoxy) is 1. The van der Waals surface area contributed by atoms with Gasteiger partial charge in [-0.25, -0.2) is 4.98 Å². The van der Waals surface area contributed by atoms with E-state index in [1.54, 1.807) is 6.07 Å². The Hall–Kier alpha value is -2.89. The summed E-state index contributed by atoms with van der Waals surface area (Å²) in [6, 6.07) is 13.2. The van der Waals surface area contributed by atoms with Gasteiger partial charge in [0.25, 0.3) is 0 Å². The number of aryl methyl sites for hydroxylation is 2. The van der Waals surface area contributed by atoms with Gasteiger partial charge in [-0.05, 0) is 44.0 Å². The second kappa shape index (κ2) is 10.2. The summed E-state index contributed by atoms with van der Waals surface area (Å²) < 4.78 is 5.65. The molecule has 0 atom stereocenters. The lowest BCUT2D eigenvalue weighted by molar-refractivity contribution is -0.121. The molecule has 0 aliphatic carbocycles. The van der Waals surface area contributed by atoms with Crippen LogP contribution in [0, 0.1) is 13.8 Å². The lowest BCUT2D eigenvalue weighted by atomic mass is 10.2. The lowest BCUT2D eigenvalue weighted by Crippen LogP contribution is -2.27. The van der Waals surface area contributed by atoms with Gasteiger partial charge in [0.2, 0.25) is 11.8 Å². The maximum absolute atomic E-state index is 11.8. The fourth-order valence-corrected chi connectivity index (χ4v) is 2.36. The van der Waals surface area contributed by atoms with E-state index in [1.165, 1.54) is 0 Å². The van der Waals surface area contributed by atoms with Gasteiger partial charge < -0.3 is 15.4 Å². The number of anilines is 1. The molecule has 0 radical (unpaired) electrons. The molecule has 2 N–H and O–H groups in total. The molecule has 0 saturated heterocycles. The van der Waals surface area contributed by atoms with Gasteiger partial charge in [-0.1, -0.05) is 24.3 Å². The van der Waals surface area contributed by atoms with Gasteiger partial charge in [-0.3, -0.25) is 9.59 Å². The molecule has 26 heavy (non-hydrogen) atoms. The minimum Gasteiger partial charge on any atom is -0.493 e. The molecule has 2 rings (SSSR count). The van der Waals surface area contributed by atoms with Crippen LogP contribution in [-0.4, -0.2) is 29.9 Å². The number of pyridine rings is 1. The molecule has 138 valence electrons. The van der Waals surface area contributed by atoms with Gasteiger partial charge >= 0.3 is 0 Å². The average molecular weight is 355 g/mol. The highest BCUT2D eigenvalue weighted by atomic mass is 16.5. The largest absolute Gasteiger partial charge is 0.493 e. The Bertz CT molecular complexity index is 747. The Balaban J connectivity index is 1.57. The van der Waals surface area contributed by atoms with E-state index in [9.17, 15) is 9.59 Å². The first kappa shape index (κ1) is 19.4. The highest BCUT2D eigenvalue weighted by Gasteiger charge is 2.06. The van der Waals surface area contributed by atoms with Gasteiger partial charge in [-0.15, -0.1) is 0 Å². The van der Waals surface area contributed by atoms with E-state index < -0.39 is 0 Å². The monoisotopic (exact) mass is 355 g/mol. The number of benzene rings is 1. The Morgan fingerprint density at radius 2 is 1.81 bits per heavy atom. The molecule has 2 amide bonds. The average Bonchev–Trinajstić information content (AvgIpc) is 2.60. The maximum atomic E-state index is 11.8. The third-order valence-electron chi connectivity index (χ3n) is 3.73. The Kier molecular flexibility index (Phi) is 7.61. The van der Waals surface area contributed by atoms with Crippen molar-refractivity contribution in [3.63, 3.8) is 0 Å². The molecule has 6 nitrogen and oxygen atoms in total. The van der Waals surface area contributed by atoms with Crippen LogP contribution in [0.15, 0.2) is 42.5 Å². The fourth-order valence-electron chi connectivity index (χ4n) is 2.36. The molecule has 0 fully saturated rings.